The Kier molecular flexibility index (Phi) is 8.91. The van der Waals surface area contributed by atoms with E-state index in [4.69, 9.17) is 35.9 Å². The molecule has 1 N–H and O–H groups in total. The third kappa shape index (κ3) is 6.11. The van der Waals surface area contributed by atoms with Crippen molar-refractivity contribution in [3.8, 4) is 23.0 Å². The SMILES string of the molecule is CCOc1ccc(NC(=S)N2CCc3cc(OC)c(OC)cc3[C@@H]2COc2ccc(C(=O)OC)cc2)cc1. The smallest absolute Gasteiger partial charge is 0.337 e. The Morgan fingerprint density at radius 1 is 0.947 bits per heavy atom. The molecule has 0 aromatic heterocycles. The molecule has 9 heteroatoms. The molecule has 0 spiro atoms. The molecule has 3 aromatic carbocycles. The predicted molar refractivity (Wildman–Crippen MR) is 150 cm³/mol. The van der Waals surface area contributed by atoms with Gasteiger partial charge < -0.3 is 33.9 Å². The molecule has 0 saturated heterocycles. The lowest BCUT2D eigenvalue weighted by Gasteiger charge is -2.39. The van der Waals surface area contributed by atoms with Crippen LogP contribution >= 0.6 is 12.2 Å². The minimum absolute atomic E-state index is 0.193. The highest BCUT2D eigenvalue weighted by Crippen LogP contribution is 2.38. The van der Waals surface area contributed by atoms with E-state index in [-0.39, 0.29) is 6.04 Å². The number of methoxy groups -OCH3 is 3. The van der Waals surface area contributed by atoms with Crippen LogP contribution in [0.2, 0.25) is 0 Å². The highest BCUT2D eigenvalue weighted by atomic mass is 32.1. The van der Waals surface area contributed by atoms with Crippen molar-refractivity contribution >= 4 is 29.0 Å². The maximum atomic E-state index is 11.8. The van der Waals surface area contributed by atoms with E-state index in [9.17, 15) is 4.79 Å². The fraction of sp³-hybridized carbons (Fsp3) is 0.310. The minimum Gasteiger partial charge on any atom is -0.494 e. The number of ether oxygens (including phenoxy) is 5. The molecule has 1 aliphatic rings. The van der Waals surface area contributed by atoms with Gasteiger partial charge in [0.05, 0.1) is 39.5 Å². The molecular weight excluding hydrogens is 504 g/mol. The Hall–Kier alpha value is -3.98. The number of anilines is 1. The fourth-order valence-electron chi connectivity index (χ4n) is 4.43. The van der Waals surface area contributed by atoms with Crippen molar-refractivity contribution in [2.75, 3.05) is 46.4 Å². The number of benzene rings is 3. The summed E-state index contributed by atoms with van der Waals surface area (Å²) in [6, 6.07) is 18.4. The van der Waals surface area contributed by atoms with E-state index >= 15 is 0 Å². The molecule has 3 aromatic rings. The zero-order valence-electron chi connectivity index (χ0n) is 22.0. The molecule has 1 atom stereocenters. The lowest BCUT2D eigenvalue weighted by molar-refractivity contribution is 0.0600. The van der Waals surface area contributed by atoms with Gasteiger partial charge in [-0.05, 0) is 97.4 Å². The van der Waals surface area contributed by atoms with Gasteiger partial charge in [-0.25, -0.2) is 4.79 Å². The van der Waals surface area contributed by atoms with Crippen LogP contribution in [0, 0.1) is 0 Å². The molecular formula is C29H32N2O6S. The van der Waals surface area contributed by atoms with Crippen LogP contribution in [-0.2, 0) is 11.2 Å². The molecule has 1 aliphatic heterocycles. The van der Waals surface area contributed by atoms with Gasteiger partial charge in [-0.2, -0.15) is 0 Å². The summed E-state index contributed by atoms with van der Waals surface area (Å²) in [6.07, 6.45) is 0.783. The van der Waals surface area contributed by atoms with E-state index in [1.807, 2.05) is 43.3 Å². The lowest BCUT2D eigenvalue weighted by atomic mass is 9.92. The number of carbonyl (C=O) groups excluding carboxylic acids is 1. The molecule has 1 heterocycles. The zero-order valence-corrected chi connectivity index (χ0v) is 22.8. The van der Waals surface area contributed by atoms with Crippen molar-refractivity contribution in [3.63, 3.8) is 0 Å². The van der Waals surface area contributed by atoms with E-state index in [0.29, 0.717) is 47.7 Å². The zero-order chi connectivity index (χ0) is 27.1. The van der Waals surface area contributed by atoms with Crippen LogP contribution in [0.5, 0.6) is 23.0 Å². The third-order valence-corrected chi connectivity index (χ3v) is 6.70. The van der Waals surface area contributed by atoms with Crippen LogP contribution < -0.4 is 24.3 Å². The largest absolute Gasteiger partial charge is 0.494 e. The highest BCUT2D eigenvalue weighted by molar-refractivity contribution is 7.80. The summed E-state index contributed by atoms with van der Waals surface area (Å²) in [6.45, 7) is 3.58. The molecule has 8 nitrogen and oxygen atoms in total. The summed E-state index contributed by atoms with van der Waals surface area (Å²) in [4.78, 5) is 13.9. The molecule has 0 unspecified atom stereocenters. The molecule has 0 amide bonds. The van der Waals surface area contributed by atoms with Crippen molar-refractivity contribution in [3.05, 3.63) is 77.4 Å². The Bertz CT molecular complexity index is 1260. The Morgan fingerprint density at radius 3 is 2.21 bits per heavy atom. The number of carbonyl (C=O) groups is 1. The number of rotatable bonds is 9. The number of nitrogens with zero attached hydrogens (tertiary/aromatic N) is 1. The summed E-state index contributed by atoms with van der Waals surface area (Å²) < 4.78 is 27.7. The normalized spacial score (nSPS) is 14.2. The van der Waals surface area contributed by atoms with Crippen LogP contribution in [0.1, 0.15) is 34.5 Å². The average Bonchev–Trinajstić information content (AvgIpc) is 2.95. The molecule has 0 radical (unpaired) electrons. The first-order chi connectivity index (χ1) is 18.5. The molecule has 0 fully saturated rings. The molecule has 4 rings (SSSR count). The monoisotopic (exact) mass is 536 g/mol. The van der Waals surface area contributed by atoms with Crippen LogP contribution in [0.15, 0.2) is 60.7 Å². The van der Waals surface area contributed by atoms with Gasteiger partial charge in [0.2, 0.25) is 0 Å². The van der Waals surface area contributed by atoms with E-state index in [1.54, 1.807) is 38.5 Å². The summed E-state index contributed by atoms with van der Waals surface area (Å²) in [5.74, 6) is 2.38. The quantitative estimate of drug-likeness (QED) is 0.291. The van der Waals surface area contributed by atoms with Gasteiger partial charge in [0.1, 0.15) is 18.1 Å². The molecule has 200 valence electrons. The molecule has 0 aliphatic carbocycles. The predicted octanol–water partition coefficient (Wildman–Crippen LogP) is 5.26. The van der Waals surface area contributed by atoms with Gasteiger partial charge in [0.25, 0.3) is 0 Å². The van der Waals surface area contributed by atoms with Crippen molar-refractivity contribution in [1.29, 1.82) is 0 Å². The lowest BCUT2D eigenvalue weighted by Crippen LogP contribution is -2.44. The fourth-order valence-corrected chi connectivity index (χ4v) is 4.76. The maximum Gasteiger partial charge on any atom is 0.337 e. The first-order valence-electron chi connectivity index (χ1n) is 12.3. The molecule has 38 heavy (non-hydrogen) atoms. The topological polar surface area (TPSA) is 78.5 Å². The third-order valence-electron chi connectivity index (χ3n) is 6.36. The minimum atomic E-state index is -0.393. The maximum absolute atomic E-state index is 11.8. The summed E-state index contributed by atoms with van der Waals surface area (Å²) in [7, 11) is 4.61. The molecule has 0 bridgehead atoms. The average molecular weight is 537 g/mol. The van der Waals surface area contributed by atoms with Gasteiger partial charge in [-0.1, -0.05) is 0 Å². The Balaban J connectivity index is 1.59. The number of thiocarbonyl (C=S) groups is 1. The second kappa shape index (κ2) is 12.5. The standard InChI is InChI=1S/C29H32N2O6S/c1-5-36-22-12-8-21(9-13-22)30-29(38)31-15-14-20-16-26(33-2)27(34-3)17-24(20)25(31)18-37-23-10-6-19(7-11-23)28(32)35-4/h6-13,16-17,25H,5,14-15,18H2,1-4H3,(H,30,38)/t25-/m0/s1. The second-order valence-electron chi connectivity index (χ2n) is 8.58. The van der Waals surface area contributed by atoms with Crippen molar-refractivity contribution in [2.24, 2.45) is 0 Å². The van der Waals surface area contributed by atoms with Gasteiger partial charge in [-0.3, -0.25) is 0 Å². The van der Waals surface area contributed by atoms with Crippen LogP contribution in [0.3, 0.4) is 0 Å². The van der Waals surface area contributed by atoms with Crippen LogP contribution in [0.4, 0.5) is 5.69 Å². The first kappa shape index (κ1) is 27.1. The highest BCUT2D eigenvalue weighted by Gasteiger charge is 2.31. The Morgan fingerprint density at radius 2 is 1.58 bits per heavy atom. The van der Waals surface area contributed by atoms with Gasteiger partial charge in [0, 0.05) is 12.2 Å². The van der Waals surface area contributed by atoms with E-state index in [0.717, 1.165) is 29.0 Å². The number of nitrogens with one attached hydrogen (secondary N) is 1. The first-order valence-corrected chi connectivity index (χ1v) is 12.7. The number of hydrogen-bond acceptors (Lipinski definition) is 7. The van der Waals surface area contributed by atoms with Gasteiger partial charge >= 0.3 is 5.97 Å². The van der Waals surface area contributed by atoms with Crippen LogP contribution in [-0.4, -0.2) is 57.1 Å². The number of fused-ring (bicyclic) bond motifs is 1. The van der Waals surface area contributed by atoms with E-state index in [2.05, 4.69) is 10.2 Å². The van der Waals surface area contributed by atoms with E-state index in [1.165, 1.54) is 7.11 Å². The van der Waals surface area contributed by atoms with Crippen molar-refractivity contribution < 1.29 is 28.5 Å². The molecule has 0 saturated carbocycles. The number of hydrogen-bond donors (Lipinski definition) is 1. The summed E-state index contributed by atoms with van der Waals surface area (Å²) in [5, 5.41) is 3.94. The number of esters is 1. The van der Waals surface area contributed by atoms with Gasteiger partial charge in [0.15, 0.2) is 16.6 Å². The van der Waals surface area contributed by atoms with E-state index < -0.39 is 5.97 Å². The summed E-state index contributed by atoms with van der Waals surface area (Å²) >= 11 is 5.87. The van der Waals surface area contributed by atoms with Crippen molar-refractivity contribution in [2.45, 2.75) is 19.4 Å². The van der Waals surface area contributed by atoms with Crippen molar-refractivity contribution in [1.82, 2.24) is 4.90 Å². The Labute approximate surface area is 228 Å². The summed E-state index contributed by atoms with van der Waals surface area (Å²) in [5.41, 5.74) is 3.53. The van der Waals surface area contributed by atoms with Gasteiger partial charge in [-0.15, -0.1) is 0 Å². The second-order valence-corrected chi connectivity index (χ2v) is 8.97. The van der Waals surface area contributed by atoms with Crippen LogP contribution in [0.25, 0.3) is 0 Å².